The van der Waals surface area contributed by atoms with E-state index >= 15 is 0 Å². The Labute approximate surface area is 48.7 Å². The summed E-state index contributed by atoms with van der Waals surface area (Å²) in [5, 5.41) is 8.27. The maximum Gasteiger partial charge on any atom is 0.116 e. The van der Waals surface area contributed by atoms with Gasteiger partial charge < -0.3 is 9.94 Å². The van der Waals surface area contributed by atoms with E-state index in [2.05, 4.69) is 4.84 Å². The van der Waals surface area contributed by atoms with E-state index in [1.807, 2.05) is 0 Å². The van der Waals surface area contributed by atoms with Crippen LogP contribution in [0.25, 0.3) is 0 Å². The molecule has 0 spiro atoms. The highest BCUT2D eigenvalue weighted by Crippen LogP contribution is 1.91. The molecular formula is C5H11NO2. The molecule has 0 amide bonds. The van der Waals surface area contributed by atoms with Crippen LogP contribution in [-0.2, 0) is 4.84 Å². The van der Waals surface area contributed by atoms with E-state index < -0.39 is 0 Å². The van der Waals surface area contributed by atoms with Crippen LogP contribution in [0.2, 0.25) is 0 Å². The van der Waals surface area contributed by atoms with Crippen molar-refractivity contribution in [1.82, 2.24) is 0 Å². The molecule has 0 unspecified atom stereocenters. The van der Waals surface area contributed by atoms with Crippen LogP contribution >= 0.6 is 0 Å². The topological polar surface area (TPSA) is 55.5 Å². The average Bonchev–Trinajstić information content (AvgIpc) is 1.83. The molecule has 0 atom stereocenters. The van der Waals surface area contributed by atoms with Gasteiger partial charge in [-0.1, -0.05) is 0 Å². The highest BCUT2D eigenvalue weighted by atomic mass is 16.6. The van der Waals surface area contributed by atoms with E-state index in [1.54, 1.807) is 13.0 Å². The molecule has 0 heterocycles. The van der Waals surface area contributed by atoms with Crippen molar-refractivity contribution in [3.8, 4) is 0 Å². The van der Waals surface area contributed by atoms with Gasteiger partial charge in [-0.15, -0.1) is 0 Å². The molecule has 0 fully saturated rings. The molecule has 0 bridgehead atoms. The lowest BCUT2D eigenvalue weighted by molar-refractivity contribution is 0.219. The minimum Gasteiger partial charge on any atom is -0.417 e. The van der Waals surface area contributed by atoms with Gasteiger partial charge in [0.15, 0.2) is 0 Å². The van der Waals surface area contributed by atoms with Crippen molar-refractivity contribution in [1.29, 1.82) is 0 Å². The third-order valence-corrected chi connectivity index (χ3v) is 0.747. The molecule has 8 heavy (non-hydrogen) atoms. The first-order valence-electron chi connectivity index (χ1n) is 2.45. The first-order valence-corrected chi connectivity index (χ1v) is 2.45. The fraction of sp³-hybridized carbons (Fsp3) is 0.600. The fourth-order valence-corrected chi connectivity index (χ4v) is 0.316. The third kappa shape index (κ3) is 3.64. The second-order valence-electron chi connectivity index (χ2n) is 1.44. The first kappa shape index (κ1) is 7.46. The molecule has 0 radical (unpaired) electrons. The van der Waals surface area contributed by atoms with E-state index in [-0.39, 0.29) is 6.61 Å². The molecule has 0 aromatic heterocycles. The predicted molar refractivity (Wildman–Crippen MR) is 30.7 cm³/mol. The van der Waals surface area contributed by atoms with Gasteiger partial charge in [-0.05, 0) is 19.4 Å². The molecule has 0 aromatic rings. The third-order valence-electron chi connectivity index (χ3n) is 0.747. The molecule has 48 valence electrons. The van der Waals surface area contributed by atoms with Crippen LogP contribution < -0.4 is 5.90 Å². The summed E-state index contributed by atoms with van der Waals surface area (Å²) in [5.41, 5.74) is 0. The molecule has 3 N–H and O–H groups in total. The van der Waals surface area contributed by atoms with Crippen LogP contribution in [0, 0.1) is 0 Å². The second kappa shape index (κ2) is 4.61. The smallest absolute Gasteiger partial charge is 0.116 e. The van der Waals surface area contributed by atoms with Gasteiger partial charge in [-0.2, -0.15) is 5.90 Å². The highest BCUT2D eigenvalue weighted by Gasteiger charge is 1.81. The summed E-state index contributed by atoms with van der Waals surface area (Å²) >= 11 is 0. The van der Waals surface area contributed by atoms with Crippen LogP contribution in [0.4, 0.5) is 0 Å². The van der Waals surface area contributed by atoms with E-state index in [0.29, 0.717) is 12.2 Å². The van der Waals surface area contributed by atoms with Crippen molar-refractivity contribution in [2.45, 2.75) is 13.3 Å². The Morgan fingerprint density at radius 1 is 1.88 bits per heavy atom. The van der Waals surface area contributed by atoms with Crippen molar-refractivity contribution in [2.75, 3.05) is 6.61 Å². The number of aliphatic hydroxyl groups excluding tert-OH is 1. The summed E-state index contributed by atoms with van der Waals surface area (Å²) in [7, 11) is 0. The Kier molecular flexibility index (Phi) is 4.30. The van der Waals surface area contributed by atoms with Crippen LogP contribution in [0.5, 0.6) is 0 Å². The average molecular weight is 117 g/mol. The number of nitrogens with two attached hydrogens (primary N) is 1. The number of hydrogen-bond donors (Lipinski definition) is 2. The maximum absolute atomic E-state index is 8.27. The summed E-state index contributed by atoms with van der Waals surface area (Å²) in [6.07, 6.45) is 2.32. The van der Waals surface area contributed by atoms with Gasteiger partial charge in [0.2, 0.25) is 0 Å². The van der Waals surface area contributed by atoms with E-state index in [1.165, 1.54) is 0 Å². The van der Waals surface area contributed by atoms with E-state index in [4.69, 9.17) is 11.0 Å². The Hall–Kier alpha value is -0.540. The Morgan fingerprint density at radius 3 is 2.88 bits per heavy atom. The van der Waals surface area contributed by atoms with Crippen molar-refractivity contribution >= 4 is 0 Å². The number of allylic oxidation sites excluding steroid dienone is 1. The molecule has 3 nitrogen and oxygen atoms in total. The number of aliphatic hydroxyl groups is 1. The number of hydrogen-bond acceptors (Lipinski definition) is 3. The SMILES string of the molecule is C/C(=C/CCO)ON. The van der Waals surface area contributed by atoms with Crippen LogP contribution in [0.1, 0.15) is 13.3 Å². The summed E-state index contributed by atoms with van der Waals surface area (Å²) in [6, 6.07) is 0. The molecule has 0 rings (SSSR count). The first-order chi connectivity index (χ1) is 3.81. The van der Waals surface area contributed by atoms with Crippen molar-refractivity contribution < 1.29 is 9.94 Å². The number of rotatable bonds is 3. The summed E-state index contributed by atoms with van der Waals surface area (Å²) in [5.74, 6) is 5.40. The molecular weight excluding hydrogens is 106 g/mol. The molecule has 0 aliphatic heterocycles. The second-order valence-corrected chi connectivity index (χ2v) is 1.44. The van der Waals surface area contributed by atoms with Gasteiger partial charge >= 0.3 is 0 Å². The standard InChI is InChI=1S/C5H11NO2/c1-5(8-6)3-2-4-7/h3,7H,2,4,6H2,1H3/b5-3-. The minimum absolute atomic E-state index is 0.140. The van der Waals surface area contributed by atoms with Gasteiger partial charge in [-0.3, -0.25) is 0 Å². The monoisotopic (exact) mass is 117 g/mol. The van der Waals surface area contributed by atoms with Crippen LogP contribution in [0.15, 0.2) is 11.8 Å². The van der Waals surface area contributed by atoms with Crippen molar-refractivity contribution in [2.24, 2.45) is 5.90 Å². The van der Waals surface area contributed by atoms with Gasteiger partial charge in [-0.25, -0.2) is 0 Å². The predicted octanol–water partition coefficient (Wildman–Crippen LogP) is 0.163. The summed E-state index contributed by atoms with van der Waals surface area (Å²) in [6.45, 7) is 1.87. The zero-order chi connectivity index (χ0) is 6.41. The largest absolute Gasteiger partial charge is 0.417 e. The molecule has 0 saturated heterocycles. The van der Waals surface area contributed by atoms with E-state index in [0.717, 1.165) is 0 Å². The van der Waals surface area contributed by atoms with Crippen molar-refractivity contribution in [3.05, 3.63) is 11.8 Å². The molecule has 3 heteroatoms. The lowest BCUT2D eigenvalue weighted by Crippen LogP contribution is -1.95. The van der Waals surface area contributed by atoms with Crippen molar-refractivity contribution in [3.63, 3.8) is 0 Å². The lowest BCUT2D eigenvalue weighted by atomic mass is 10.4. The van der Waals surface area contributed by atoms with E-state index in [9.17, 15) is 0 Å². The molecule has 0 aliphatic rings. The van der Waals surface area contributed by atoms with Gasteiger partial charge in [0.25, 0.3) is 0 Å². The molecule has 0 aliphatic carbocycles. The Balaban J connectivity index is 3.26. The van der Waals surface area contributed by atoms with Crippen LogP contribution in [0.3, 0.4) is 0 Å². The maximum atomic E-state index is 8.27. The summed E-state index contributed by atoms with van der Waals surface area (Å²) in [4.78, 5) is 4.30. The normalized spacial score (nSPS) is 11.6. The zero-order valence-electron chi connectivity index (χ0n) is 4.92. The van der Waals surface area contributed by atoms with Gasteiger partial charge in [0.1, 0.15) is 5.76 Å². The highest BCUT2D eigenvalue weighted by molar-refractivity contribution is 4.86. The minimum atomic E-state index is 0.140. The summed E-state index contributed by atoms with van der Waals surface area (Å²) < 4.78 is 0. The van der Waals surface area contributed by atoms with Gasteiger partial charge in [0.05, 0.1) is 0 Å². The zero-order valence-corrected chi connectivity index (χ0v) is 4.92. The quantitative estimate of drug-likeness (QED) is 0.409. The lowest BCUT2D eigenvalue weighted by Gasteiger charge is -1.93. The fourth-order valence-electron chi connectivity index (χ4n) is 0.316. The molecule has 0 saturated carbocycles. The Morgan fingerprint density at radius 2 is 2.50 bits per heavy atom. The van der Waals surface area contributed by atoms with Gasteiger partial charge in [0, 0.05) is 6.61 Å². The van der Waals surface area contributed by atoms with Crippen LogP contribution in [-0.4, -0.2) is 11.7 Å². The molecule has 0 aromatic carbocycles. The Bertz CT molecular complexity index is 80.5.